The molecular formula is C30H36N2O5S. The van der Waals surface area contributed by atoms with Crippen LogP contribution >= 0.6 is 0 Å². The summed E-state index contributed by atoms with van der Waals surface area (Å²) in [6, 6.07) is 13.3. The number of hydrogen-bond acceptors (Lipinski definition) is 4. The maximum Gasteiger partial charge on any atom is 0.323 e. The Labute approximate surface area is 225 Å². The fraction of sp³-hybridized carbons (Fsp3) is 0.367. The van der Waals surface area contributed by atoms with Crippen molar-refractivity contribution >= 4 is 27.6 Å². The largest absolute Gasteiger partial charge is 0.488 e. The van der Waals surface area contributed by atoms with E-state index in [-0.39, 0.29) is 13.0 Å². The van der Waals surface area contributed by atoms with Gasteiger partial charge in [0.15, 0.2) is 0 Å². The van der Waals surface area contributed by atoms with Gasteiger partial charge in [-0.15, -0.1) is 0 Å². The Hall–Kier alpha value is -3.52. The van der Waals surface area contributed by atoms with Crippen molar-refractivity contribution in [2.24, 2.45) is 0 Å². The molecule has 202 valence electrons. The summed E-state index contributed by atoms with van der Waals surface area (Å²) in [5, 5.41) is 9.85. The van der Waals surface area contributed by atoms with Crippen molar-refractivity contribution in [3.8, 4) is 16.9 Å². The van der Waals surface area contributed by atoms with Gasteiger partial charge in [-0.25, -0.2) is 0 Å². The summed E-state index contributed by atoms with van der Waals surface area (Å²) in [5.41, 5.74) is 7.11. The van der Waals surface area contributed by atoms with Crippen molar-refractivity contribution < 1.29 is 23.1 Å². The predicted octanol–water partition coefficient (Wildman–Crippen LogP) is 6.11. The van der Waals surface area contributed by atoms with Crippen LogP contribution in [0.1, 0.15) is 54.2 Å². The predicted molar refractivity (Wildman–Crippen MR) is 153 cm³/mol. The first kappa shape index (κ1) is 27.5. The second-order valence-corrected chi connectivity index (χ2v) is 12.6. The second kappa shape index (κ2) is 9.98. The summed E-state index contributed by atoms with van der Waals surface area (Å²) in [4.78, 5) is 12.0. The van der Waals surface area contributed by atoms with Gasteiger partial charge in [-0.1, -0.05) is 29.8 Å². The van der Waals surface area contributed by atoms with E-state index in [0.29, 0.717) is 34.7 Å². The van der Waals surface area contributed by atoms with Crippen molar-refractivity contribution in [1.29, 1.82) is 0 Å². The molecule has 2 N–H and O–H groups in total. The molecule has 3 aromatic rings. The molecular weight excluding hydrogens is 500 g/mol. The molecule has 0 radical (unpaired) electrons. The van der Waals surface area contributed by atoms with Crippen molar-refractivity contribution in [3.63, 3.8) is 0 Å². The van der Waals surface area contributed by atoms with E-state index >= 15 is 0 Å². The van der Waals surface area contributed by atoms with Crippen LogP contribution in [-0.2, 0) is 27.8 Å². The van der Waals surface area contributed by atoms with Crippen LogP contribution in [0.15, 0.2) is 42.5 Å². The third kappa shape index (κ3) is 5.50. The standard InChI is InChI=1S/C30H36N2O5S/c1-18-8-11-22(12-9-18)32-15-14-23-20(3)28(24-13-10-19(2)16-26(24)37-30(5,6)7)25(17-27(33)34)21(4)29(23)31-38(32,35)36/h8-13,16,31H,14-15,17H2,1-7H3,(H,33,34). The summed E-state index contributed by atoms with van der Waals surface area (Å²) in [5.74, 6) is -0.320. The molecule has 4 rings (SSSR count). The average Bonchev–Trinajstić information content (AvgIpc) is 2.93. The summed E-state index contributed by atoms with van der Waals surface area (Å²) in [6.45, 7) is 13.8. The Morgan fingerprint density at radius 2 is 1.63 bits per heavy atom. The minimum absolute atomic E-state index is 0.248. The van der Waals surface area contributed by atoms with E-state index in [4.69, 9.17) is 4.74 Å². The van der Waals surface area contributed by atoms with E-state index in [2.05, 4.69) is 4.72 Å². The van der Waals surface area contributed by atoms with E-state index in [9.17, 15) is 18.3 Å². The van der Waals surface area contributed by atoms with Gasteiger partial charge in [0.25, 0.3) is 0 Å². The molecule has 1 aliphatic rings. The topological polar surface area (TPSA) is 95.9 Å². The van der Waals surface area contributed by atoms with Gasteiger partial charge in [-0.2, -0.15) is 8.42 Å². The number of carboxylic acids is 1. The Morgan fingerprint density at radius 1 is 1.00 bits per heavy atom. The average molecular weight is 537 g/mol. The van der Waals surface area contributed by atoms with Gasteiger partial charge in [-0.05, 0) is 106 Å². The van der Waals surface area contributed by atoms with E-state index in [1.54, 1.807) is 19.1 Å². The lowest BCUT2D eigenvalue weighted by Crippen LogP contribution is -2.35. The SMILES string of the molecule is Cc1ccc(N2CCc3c(C)c(-c4ccc(C)cc4OC(C)(C)C)c(CC(=O)O)c(C)c3NS2(=O)=O)cc1. The number of rotatable bonds is 5. The van der Waals surface area contributed by atoms with Crippen LogP contribution in [0.4, 0.5) is 11.4 Å². The highest BCUT2D eigenvalue weighted by molar-refractivity contribution is 7.94. The number of nitrogens with zero attached hydrogens (tertiary/aromatic N) is 1. The molecule has 38 heavy (non-hydrogen) atoms. The molecule has 0 amide bonds. The van der Waals surface area contributed by atoms with Crippen molar-refractivity contribution in [2.45, 2.75) is 66.9 Å². The number of carboxylic acid groups (broad SMARTS) is 1. The second-order valence-electron chi connectivity index (χ2n) is 11.0. The van der Waals surface area contributed by atoms with Crippen LogP contribution in [0.2, 0.25) is 0 Å². The molecule has 0 saturated carbocycles. The normalized spacial score (nSPS) is 14.9. The number of carbonyl (C=O) groups is 1. The molecule has 0 atom stereocenters. The lowest BCUT2D eigenvalue weighted by Gasteiger charge is -2.27. The maximum atomic E-state index is 13.5. The smallest absolute Gasteiger partial charge is 0.323 e. The number of hydrogen-bond donors (Lipinski definition) is 2. The molecule has 0 bridgehead atoms. The van der Waals surface area contributed by atoms with Gasteiger partial charge < -0.3 is 9.84 Å². The van der Waals surface area contributed by atoms with E-state index < -0.39 is 21.8 Å². The number of nitrogens with one attached hydrogen (secondary N) is 1. The molecule has 7 nitrogen and oxygen atoms in total. The molecule has 1 heterocycles. The minimum Gasteiger partial charge on any atom is -0.488 e. The van der Waals surface area contributed by atoms with Crippen LogP contribution < -0.4 is 13.8 Å². The third-order valence-electron chi connectivity index (χ3n) is 6.82. The van der Waals surface area contributed by atoms with Crippen LogP contribution in [0.5, 0.6) is 5.75 Å². The van der Waals surface area contributed by atoms with Crippen LogP contribution in [0.25, 0.3) is 11.1 Å². The van der Waals surface area contributed by atoms with Crippen molar-refractivity contribution in [3.05, 3.63) is 75.8 Å². The highest BCUT2D eigenvalue weighted by Gasteiger charge is 2.32. The van der Waals surface area contributed by atoms with Crippen LogP contribution in [-0.4, -0.2) is 31.6 Å². The quantitative estimate of drug-likeness (QED) is 0.410. The molecule has 8 heteroatoms. The molecule has 0 unspecified atom stereocenters. The maximum absolute atomic E-state index is 13.5. The Balaban J connectivity index is 1.95. The Bertz CT molecular complexity index is 1500. The molecule has 0 fully saturated rings. The molecule has 0 aliphatic carbocycles. The monoisotopic (exact) mass is 536 g/mol. The van der Waals surface area contributed by atoms with Gasteiger partial charge in [0.05, 0.1) is 17.8 Å². The molecule has 1 aliphatic heterocycles. The molecule has 0 saturated heterocycles. The van der Waals surface area contributed by atoms with Crippen molar-refractivity contribution in [2.75, 3.05) is 15.6 Å². The first-order valence-corrected chi connectivity index (χ1v) is 14.2. The van der Waals surface area contributed by atoms with Gasteiger partial charge in [0, 0.05) is 12.1 Å². The molecule has 0 aromatic heterocycles. The van der Waals surface area contributed by atoms with Crippen LogP contribution in [0.3, 0.4) is 0 Å². The number of fused-ring (bicyclic) bond motifs is 1. The number of aliphatic carboxylic acids is 1. The Morgan fingerprint density at radius 3 is 2.24 bits per heavy atom. The van der Waals surface area contributed by atoms with Crippen molar-refractivity contribution in [1.82, 2.24) is 0 Å². The van der Waals surface area contributed by atoms with Crippen LogP contribution in [0, 0.1) is 27.7 Å². The van der Waals surface area contributed by atoms with E-state index in [1.807, 2.05) is 71.9 Å². The number of ether oxygens (including phenoxy) is 1. The highest BCUT2D eigenvalue weighted by Crippen LogP contribution is 2.44. The van der Waals surface area contributed by atoms with Gasteiger partial charge in [0.2, 0.25) is 0 Å². The highest BCUT2D eigenvalue weighted by atomic mass is 32.2. The molecule has 3 aromatic carbocycles. The first-order chi connectivity index (χ1) is 17.7. The summed E-state index contributed by atoms with van der Waals surface area (Å²) >= 11 is 0. The summed E-state index contributed by atoms with van der Waals surface area (Å²) in [6.07, 6.45) is 0.214. The number of anilines is 2. The van der Waals surface area contributed by atoms with Gasteiger partial charge in [0.1, 0.15) is 11.4 Å². The zero-order valence-electron chi connectivity index (χ0n) is 23.1. The molecule has 0 spiro atoms. The minimum atomic E-state index is -3.93. The summed E-state index contributed by atoms with van der Waals surface area (Å²) in [7, 11) is -3.93. The fourth-order valence-electron chi connectivity index (χ4n) is 5.06. The Kier molecular flexibility index (Phi) is 7.23. The lowest BCUT2D eigenvalue weighted by atomic mass is 9.84. The summed E-state index contributed by atoms with van der Waals surface area (Å²) < 4.78 is 37.6. The lowest BCUT2D eigenvalue weighted by molar-refractivity contribution is -0.136. The number of benzene rings is 3. The first-order valence-electron chi connectivity index (χ1n) is 12.7. The zero-order chi connectivity index (χ0) is 28.0. The number of aryl methyl sites for hydroxylation is 2. The zero-order valence-corrected chi connectivity index (χ0v) is 23.9. The van der Waals surface area contributed by atoms with Gasteiger partial charge in [-0.3, -0.25) is 13.8 Å². The van der Waals surface area contributed by atoms with E-state index in [0.717, 1.165) is 33.4 Å². The third-order valence-corrected chi connectivity index (χ3v) is 8.25. The van der Waals surface area contributed by atoms with Gasteiger partial charge >= 0.3 is 16.2 Å². The van der Waals surface area contributed by atoms with E-state index in [1.165, 1.54) is 4.31 Å². The fourth-order valence-corrected chi connectivity index (χ4v) is 6.44.